The molecule has 3 N–H and O–H groups in total. The van der Waals surface area contributed by atoms with Crippen molar-refractivity contribution in [3.05, 3.63) is 11.6 Å². The van der Waals surface area contributed by atoms with E-state index in [0.29, 0.717) is 12.8 Å². The molecule has 0 unspecified atom stereocenters. The van der Waals surface area contributed by atoms with Crippen molar-refractivity contribution < 1.29 is 20.1 Å². The predicted octanol–water partition coefficient (Wildman–Crippen LogP) is -0.487. The first kappa shape index (κ1) is 8.23. The maximum atomic E-state index is 10.3. The fourth-order valence-corrected chi connectivity index (χ4v) is 1.05. The van der Waals surface area contributed by atoms with Crippen molar-refractivity contribution in [3.8, 4) is 0 Å². The van der Waals surface area contributed by atoms with Crippen molar-refractivity contribution in [1.82, 2.24) is 0 Å². The van der Waals surface area contributed by atoms with Gasteiger partial charge in [-0.25, -0.2) is 4.79 Å². The van der Waals surface area contributed by atoms with Gasteiger partial charge in [-0.15, -0.1) is 0 Å². The Morgan fingerprint density at radius 3 is 2.64 bits per heavy atom. The number of aliphatic hydroxyl groups is 2. The van der Waals surface area contributed by atoms with Gasteiger partial charge in [0, 0.05) is 5.57 Å². The van der Waals surface area contributed by atoms with Crippen molar-refractivity contribution in [2.75, 3.05) is 0 Å². The van der Waals surface area contributed by atoms with Crippen LogP contribution < -0.4 is 0 Å². The van der Waals surface area contributed by atoms with Gasteiger partial charge in [-0.05, 0) is 18.9 Å². The number of carbonyl (C=O) groups is 1. The van der Waals surface area contributed by atoms with Crippen LogP contribution in [0.4, 0.5) is 0 Å². The number of aliphatic carboxylic acids is 1. The first-order valence-corrected chi connectivity index (χ1v) is 3.41. The summed E-state index contributed by atoms with van der Waals surface area (Å²) in [5, 5.41) is 26.5. The van der Waals surface area contributed by atoms with Crippen molar-refractivity contribution in [2.24, 2.45) is 0 Å². The number of rotatable bonds is 1. The standard InChI is InChI=1S/C7H10O4/c8-5-2-1-4(7(10)11)3-6(5)9/h3,5-6,8-9H,1-2H2,(H,10,11)/t5-,6-/m1/s1. The van der Waals surface area contributed by atoms with E-state index in [4.69, 9.17) is 15.3 Å². The van der Waals surface area contributed by atoms with Crippen LogP contribution in [-0.4, -0.2) is 33.5 Å². The van der Waals surface area contributed by atoms with Gasteiger partial charge in [0.1, 0.15) is 0 Å². The molecule has 0 aromatic heterocycles. The van der Waals surface area contributed by atoms with E-state index < -0.39 is 18.2 Å². The SMILES string of the molecule is O=C(O)C1=C[C@@H](O)[C@H](O)CC1. The Morgan fingerprint density at radius 1 is 1.55 bits per heavy atom. The first-order valence-electron chi connectivity index (χ1n) is 3.41. The molecule has 0 aromatic rings. The van der Waals surface area contributed by atoms with Gasteiger partial charge in [0.05, 0.1) is 12.2 Å². The molecule has 4 heteroatoms. The summed E-state index contributed by atoms with van der Waals surface area (Å²) in [6, 6.07) is 0. The highest BCUT2D eigenvalue weighted by molar-refractivity contribution is 5.86. The van der Waals surface area contributed by atoms with Crippen molar-refractivity contribution in [1.29, 1.82) is 0 Å². The van der Waals surface area contributed by atoms with Crippen LogP contribution in [-0.2, 0) is 4.79 Å². The van der Waals surface area contributed by atoms with Crippen LogP contribution in [0.15, 0.2) is 11.6 Å². The Morgan fingerprint density at radius 2 is 2.18 bits per heavy atom. The summed E-state index contributed by atoms with van der Waals surface area (Å²) in [5.74, 6) is -1.02. The molecule has 0 radical (unpaired) electrons. The van der Waals surface area contributed by atoms with Gasteiger partial charge in [-0.2, -0.15) is 0 Å². The molecule has 11 heavy (non-hydrogen) atoms. The number of carboxylic acid groups (broad SMARTS) is 1. The highest BCUT2D eigenvalue weighted by Crippen LogP contribution is 2.18. The molecule has 62 valence electrons. The summed E-state index contributed by atoms with van der Waals surface area (Å²) in [6.45, 7) is 0. The summed E-state index contributed by atoms with van der Waals surface area (Å²) in [7, 11) is 0. The summed E-state index contributed by atoms with van der Waals surface area (Å²) >= 11 is 0. The molecule has 0 fully saturated rings. The van der Waals surface area contributed by atoms with Gasteiger partial charge < -0.3 is 15.3 Å². The molecule has 0 amide bonds. The molecular formula is C7H10O4. The largest absolute Gasteiger partial charge is 0.478 e. The van der Waals surface area contributed by atoms with E-state index in [-0.39, 0.29) is 5.57 Å². The smallest absolute Gasteiger partial charge is 0.331 e. The lowest BCUT2D eigenvalue weighted by Crippen LogP contribution is -2.28. The normalized spacial score (nSPS) is 31.3. The van der Waals surface area contributed by atoms with Crippen LogP contribution in [0.5, 0.6) is 0 Å². The lowest BCUT2D eigenvalue weighted by Gasteiger charge is -2.20. The Bertz CT molecular complexity index is 197. The molecule has 1 aliphatic carbocycles. The summed E-state index contributed by atoms with van der Waals surface area (Å²) in [5.41, 5.74) is 0.183. The van der Waals surface area contributed by atoms with E-state index in [9.17, 15) is 4.79 Å². The van der Waals surface area contributed by atoms with Crippen molar-refractivity contribution >= 4 is 5.97 Å². The van der Waals surface area contributed by atoms with E-state index in [0.717, 1.165) is 0 Å². The fourth-order valence-electron chi connectivity index (χ4n) is 1.05. The van der Waals surface area contributed by atoms with E-state index in [2.05, 4.69) is 0 Å². The van der Waals surface area contributed by atoms with Crippen LogP contribution in [0.1, 0.15) is 12.8 Å². The zero-order chi connectivity index (χ0) is 8.43. The fraction of sp³-hybridized carbons (Fsp3) is 0.571. The minimum Gasteiger partial charge on any atom is -0.478 e. The Labute approximate surface area is 63.8 Å². The van der Waals surface area contributed by atoms with Gasteiger partial charge >= 0.3 is 5.97 Å². The van der Waals surface area contributed by atoms with E-state index in [1.807, 2.05) is 0 Å². The number of aliphatic hydroxyl groups excluding tert-OH is 2. The molecule has 0 heterocycles. The first-order chi connectivity index (χ1) is 5.11. The van der Waals surface area contributed by atoms with Crippen LogP contribution in [0.25, 0.3) is 0 Å². The second-order valence-electron chi connectivity index (χ2n) is 2.59. The van der Waals surface area contributed by atoms with Crippen LogP contribution in [0.3, 0.4) is 0 Å². The average molecular weight is 158 g/mol. The van der Waals surface area contributed by atoms with E-state index in [1.54, 1.807) is 0 Å². The van der Waals surface area contributed by atoms with E-state index in [1.165, 1.54) is 6.08 Å². The molecule has 4 nitrogen and oxygen atoms in total. The maximum absolute atomic E-state index is 10.3. The second kappa shape index (κ2) is 3.02. The molecule has 1 rings (SSSR count). The van der Waals surface area contributed by atoms with Crippen molar-refractivity contribution in [2.45, 2.75) is 25.0 Å². The number of hydrogen-bond donors (Lipinski definition) is 3. The third kappa shape index (κ3) is 1.78. The lowest BCUT2D eigenvalue weighted by atomic mass is 9.95. The quantitative estimate of drug-likeness (QED) is 0.481. The van der Waals surface area contributed by atoms with Gasteiger partial charge in [-0.3, -0.25) is 0 Å². The Kier molecular flexibility index (Phi) is 2.26. The molecule has 0 bridgehead atoms. The molecule has 0 spiro atoms. The highest BCUT2D eigenvalue weighted by Gasteiger charge is 2.23. The summed E-state index contributed by atoms with van der Waals surface area (Å²) in [6.07, 6.45) is 0.0107. The Hall–Kier alpha value is -0.870. The zero-order valence-corrected chi connectivity index (χ0v) is 5.90. The number of carboxylic acids is 1. The topological polar surface area (TPSA) is 77.8 Å². The minimum atomic E-state index is -1.02. The molecule has 2 atom stereocenters. The predicted molar refractivity (Wildman–Crippen MR) is 37.0 cm³/mol. The van der Waals surface area contributed by atoms with Crippen LogP contribution in [0, 0.1) is 0 Å². The third-order valence-electron chi connectivity index (χ3n) is 1.75. The molecule has 0 saturated carbocycles. The van der Waals surface area contributed by atoms with Crippen molar-refractivity contribution in [3.63, 3.8) is 0 Å². The van der Waals surface area contributed by atoms with Crippen LogP contribution >= 0.6 is 0 Å². The molecule has 0 aromatic carbocycles. The second-order valence-corrected chi connectivity index (χ2v) is 2.59. The van der Waals surface area contributed by atoms with Gasteiger partial charge in [0.15, 0.2) is 0 Å². The minimum absolute atomic E-state index is 0.183. The van der Waals surface area contributed by atoms with Gasteiger partial charge in [0.2, 0.25) is 0 Å². The Balaban J connectivity index is 2.71. The molecule has 0 saturated heterocycles. The van der Waals surface area contributed by atoms with E-state index >= 15 is 0 Å². The van der Waals surface area contributed by atoms with Gasteiger partial charge in [0.25, 0.3) is 0 Å². The average Bonchev–Trinajstić information content (AvgIpc) is 1.94. The summed E-state index contributed by atoms with van der Waals surface area (Å²) in [4.78, 5) is 10.3. The summed E-state index contributed by atoms with van der Waals surface area (Å²) < 4.78 is 0. The molecule has 1 aliphatic rings. The van der Waals surface area contributed by atoms with Gasteiger partial charge in [-0.1, -0.05) is 0 Å². The zero-order valence-electron chi connectivity index (χ0n) is 5.90. The van der Waals surface area contributed by atoms with Crippen LogP contribution in [0.2, 0.25) is 0 Å². The molecular weight excluding hydrogens is 148 g/mol. The number of hydrogen-bond acceptors (Lipinski definition) is 3. The molecule has 0 aliphatic heterocycles. The lowest BCUT2D eigenvalue weighted by molar-refractivity contribution is -0.133. The monoisotopic (exact) mass is 158 g/mol. The maximum Gasteiger partial charge on any atom is 0.331 e. The highest BCUT2D eigenvalue weighted by atomic mass is 16.4. The third-order valence-corrected chi connectivity index (χ3v) is 1.75.